The molecular formula is C17H26N2O2. The predicted molar refractivity (Wildman–Crippen MR) is 83.6 cm³/mol. The molecule has 0 aliphatic heterocycles. The highest BCUT2D eigenvalue weighted by atomic mass is 16.3. The van der Waals surface area contributed by atoms with Gasteiger partial charge in [-0.25, -0.2) is 0 Å². The molecule has 1 fully saturated rings. The van der Waals surface area contributed by atoms with Gasteiger partial charge in [0.15, 0.2) is 0 Å². The van der Waals surface area contributed by atoms with E-state index in [0.29, 0.717) is 18.8 Å². The Balaban J connectivity index is 1.63. The molecule has 1 atom stereocenters. The van der Waals surface area contributed by atoms with Crippen molar-refractivity contribution >= 4 is 5.91 Å². The standard InChI is InChI=1S/C17H26N2O2/c18-16(14-4-2-1-3-5-14)10-11-17(21)19-12-13-6-8-15(20)9-7-13/h1-5,13,15-16,20H,6-12,18H2,(H,19,21). The Morgan fingerprint density at radius 3 is 2.57 bits per heavy atom. The maximum atomic E-state index is 11.9. The van der Waals surface area contributed by atoms with Crippen LogP contribution in [-0.2, 0) is 4.79 Å². The second-order valence-corrected chi connectivity index (χ2v) is 6.03. The quantitative estimate of drug-likeness (QED) is 0.751. The van der Waals surface area contributed by atoms with E-state index in [4.69, 9.17) is 5.73 Å². The summed E-state index contributed by atoms with van der Waals surface area (Å²) in [4.78, 5) is 11.9. The van der Waals surface area contributed by atoms with Gasteiger partial charge in [0.2, 0.25) is 5.91 Å². The number of nitrogens with one attached hydrogen (secondary N) is 1. The lowest BCUT2D eigenvalue weighted by molar-refractivity contribution is -0.121. The van der Waals surface area contributed by atoms with Crippen LogP contribution >= 0.6 is 0 Å². The van der Waals surface area contributed by atoms with Gasteiger partial charge in [-0.05, 0) is 43.6 Å². The van der Waals surface area contributed by atoms with Crippen molar-refractivity contribution in [2.24, 2.45) is 11.7 Å². The van der Waals surface area contributed by atoms with E-state index in [1.54, 1.807) is 0 Å². The number of nitrogens with two attached hydrogens (primary N) is 1. The lowest BCUT2D eigenvalue weighted by atomic mass is 9.87. The Kier molecular flexibility index (Phi) is 6.21. The lowest BCUT2D eigenvalue weighted by Crippen LogP contribution is -2.32. The fourth-order valence-electron chi connectivity index (χ4n) is 2.85. The van der Waals surface area contributed by atoms with Crippen LogP contribution in [0.3, 0.4) is 0 Å². The van der Waals surface area contributed by atoms with E-state index in [0.717, 1.165) is 37.8 Å². The molecule has 1 saturated carbocycles. The first-order valence-electron chi connectivity index (χ1n) is 7.90. The summed E-state index contributed by atoms with van der Waals surface area (Å²) in [6, 6.07) is 9.80. The van der Waals surface area contributed by atoms with Crippen LogP contribution in [-0.4, -0.2) is 23.7 Å². The zero-order chi connectivity index (χ0) is 15.1. The van der Waals surface area contributed by atoms with Gasteiger partial charge in [-0.15, -0.1) is 0 Å². The van der Waals surface area contributed by atoms with Crippen molar-refractivity contribution in [3.05, 3.63) is 35.9 Å². The molecule has 0 radical (unpaired) electrons. The minimum Gasteiger partial charge on any atom is -0.393 e. The third-order valence-corrected chi connectivity index (χ3v) is 4.31. The first-order valence-corrected chi connectivity index (χ1v) is 7.90. The van der Waals surface area contributed by atoms with Gasteiger partial charge in [-0.2, -0.15) is 0 Å². The molecule has 1 unspecified atom stereocenters. The number of hydrogen-bond donors (Lipinski definition) is 3. The molecule has 2 rings (SSSR count). The van der Waals surface area contributed by atoms with Crippen LogP contribution in [0.4, 0.5) is 0 Å². The van der Waals surface area contributed by atoms with Gasteiger partial charge in [0.25, 0.3) is 0 Å². The van der Waals surface area contributed by atoms with Gasteiger partial charge < -0.3 is 16.2 Å². The highest BCUT2D eigenvalue weighted by Gasteiger charge is 2.19. The van der Waals surface area contributed by atoms with Crippen LogP contribution in [0.5, 0.6) is 0 Å². The Hall–Kier alpha value is -1.39. The fourth-order valence-corrected chi connectivity index (χ4v) is 2.85. The molecule has 4 N–H and O–H groups in total. The van der Waals surface area contributed by atoms with Gasteiger partial charge in [-0.3, -0.25) is 4.79 Å². The third-order valence-electron chi connectivity index (χ3n) is 4.31. The summed E-state index contributed by atoms with van der Waals surface area (Å²) in [5.41, 5.74) is 7.17. The van der Waals surface area contributed by atoms with Crippen molar-refractivity contribution in [2.45, 2.75) is 50.7 Å². The maximum absolute atomic E-state index is 11.9. The molecule has 1 aliphatic rings. The van der Waals surface area contributed by atoms with E-state index in [-0.39, 0.29) is 18.1 Å². The van der Waals surface area contributed by atoms with Gasteiger partial charge >= 0.3 is 0 Å². The average molecular weight is 290 g/mol. The second kappa shape index (κ2) is 8.15. The van der Waals surface area contributed by atoms with E-state index in [9.17, 15) is 9.90 Å². The van der Waals surface area contributed by atoms with Crippen LogP contribution in [0, 0.1) is 5.92 Å². The van der Waals surface area contributed by atoms with Gasteiger partial charge in [-0.1, -0.05) is 30.3 Å². The van der Waals surface area contributed by atoms with E-state index in [1.807, 2.05) is 30.3 Å². The minimum absolute atomic E-state index is 0.0764. The number of rotatable bonds is 6. The lowest BCUT2D eigenvalue weighted by Gasteiger charge is -2.25. The molecule has 1 amide bonds. The number of carbonyl (C=O) groups excluding carboxylic acids is 1. The largest absolute Gasteiger partial charge is 0.393 e. The smallest absolute Gasteiger partial charge is 0.220 e. The highest BCUT2D eigenvalue weighted by Crippen LogP contribution is 2.23. The van der Waals surface area contributed by atoms with Crippen molar-refractivity contribution in [2.75, 3.05) is 6.54 Å². The number of aliphatic hydroxyl groups excluding tert-OH is 1. The van der Waals surface area contributed by atoms with Crippen molar-refractivity contribution in [3.63, 3.8) is 0 Å². The summed E-state index contributed by atoms with van der Waals surface area (Å²) in [6.45, 7) is 0.728. The van der Waals surface area contributed by atoms with Crippen LogP contribution in [0.1, 0.15) is 50.1 Å². The Morgan fingerprint density at radius 1 is 1.24 bits per heavy atom. The SMILES string of the molecule is NC(CCC(=O)NCC1CCC(O)CC1)c1ccccc1. The van der Waals surface area contributed by atoms with Crippen LogP contribution < -0.4 is 11.1 Å². The maximum Gasteiger partial charge on any atom is 0.220 e. The Labute approximate surface area is 126 Å². The van der Waals surface area contributed by atoms with E-state index in [2.05, 4.69) is 5.32 Å². The molecule has 4 nitrogen and oxygen atoms in total. The fraction of sp³-hybridized carbons (Fsp3) is 0.588. The number of aliphatic hydroxyl groups is 1. The zero-order valence-corrected chi connectivity index (χ0v) is 12.5. The van der Waals surface area contributed by atoms with Crippen molar-refractivity contribution in [1.29, 1.82) is 0 Å². The van der Waals surface area contributed by atoms with Crippen molar-refractivity contribution < 1.29 is 9.90 Å². The topological polar surface area (TPSA) is 75.4 Å². The van der Waals surface area contributed by atoms with E-state index in [1.165, 1.54) is 0 Å². The van der Waals surface area contributed by atoms with Crippen molar-refractivity contribution in [1.82, 2.24) is 5.32 Å². The molecule has 21 heavy (non-hydrogen) atoms. The van der Waals surface area contributed by atoms with Gasteiger partial charge in [0.05, 0.1) is 6.10 Å². The first kappa shape index (κ1) is 16.0. The second-order valence-electron chi connectivity index (χ2n) is 6.03. The number of carbonyl (C=O) groups is 1. The molecule has 0 bridgehead atoms. The molecule has 116 valence electrons. The molecule has 0 aromatic heterocycles. The highest BCUT2D eigenvalue weighted by molar-refractivity contribution is 5.75. The Bertz CT molecular complexity index is 428. The monoisotopic (exact) mass is 290 g/mol. The normalized spacial score (nSPS) is 23.5. The summed E-state index contributed by atoms with van der Waals surface area (Å²) in [5.74, 6) is 0.590. The average Bonchev–Trinajstić information content (AvgIpc) is 2.53. The molecular weight excluding hydrogens is 264 g/mol. The van der Waals surface area contributed by atoms with Crippen molar-refractivity contribution in [3.8, 4) is 0 Å². The van der Waals surface area contributed by atoms with Crippen LogP contribution in [0.2, 0.25) is 0 Å². The summed E-state index contributed by atoms with van der Waals surface area (Å²) in [5, 5.41) is 12.5. The van der Waals surface area contributed by atoms with Gasteiger partial charge in [0.1, 0.15) is 0 Å². The van der Waals surface area contributed by atoms with Crippen LogP contribution in [0.15, 0.2) is 30.3 Å². The number of hydrogen-bond acceptors (Lipinski definition) is 3. The molecule has 1 aromatic rings. The third kappa shape index (κ3) is 5.48. The van der Waals surface area contributed by atoms with Gasteiger partial charge in [0, 0.05) is 19.0 Å². The molecule has 1 aliphatic carbocycles. The first-order chi connectivity index (χ1) is 10.1. The van der Waals surface area contributed by atoms with Crippen LogP contribution in [0.25, 0.3) is 0 Å². The molecule has 4 heteroatoms. The molecule has 0 spiro atoms. The number of benzene rings is 1. The minimum atomic E-state index is -0.138. The predicted octanol–water partition coefficient (Wildman–Crippen LogP) is 2.13. The molecule has 1 aromatic carbocycles. The molecule has 0 heterocycles. The van der Waals surface area contributed by atoms with E-state index < -0.39 is 0 Å². The summed E-state index contributed by atoms with van der Waals surface area (Å²) in [7, 11) is 0. The van der Waals surface area contributed by atoms with E-state index >= 15 is 0 Å². The Morgan fingerprint density at radius 2 is 1.90 bits per heavy atom. The zero-order valence-electron chi connectivity index (χ0n) is 12.5. The summed E-state index contributed by atoms with van der Waals surface area (Å²) < 4.78 is 0. The number of amides is 1. The molecule has 0 saturated heterocycles. The summed E-state index contributed by atoms with van der Waals surface area (Å²) in [6.07, 6.45) is 4.72. The summed E-state index contributed by atoms with van der Waals surface area (Å²) >= 11 is 0.